The fourth-order valence-corrected chi connectivity index (χ4v) is 6.44. The van der Waals surface area contributed by atoms with E-state index in [1.54, 1.807) is 6.07 Å². The Morgan fingerprint density at radius 2 is 1.52 bits per heavy atom. The number of halogens is 1. The van der Waals surface area contributed by atoms with Gasteiger partial charge in [-0.05, 0) is 60.1 Å². The fourth-order valence-electron chi connectivity index (χ4n) is 6.06. The summed E-state index contributed by atoms with van der Waals surface area (Å²) >= 11 is 3.58. The van der Waals surface area contributed by atoms with Crippen LogP contribution in [0.25, 0.3) is 0 Å². The number of rotatable bonds is 5. The van der Waals surface area contributed by atoms with E-state index in [0.717, 1.165) is 21.3 Å². The van der Waals surface area contributed by atoms with E-state index in [1.807, 2.05) is 44.2 Å². The summed E-state index contributed by atoms with van der Waals surface area (Å²) in [6, 6.07) is 11.4. The molecule has 0 saturated heterocycles. The van der Waals surface area contributed by atoms with Crippen LogP contribution in [0.3, 0.4) is 0 Å². The Morgan fingerprint density at radius 3 is 2.12 bits per heavy atom. The number of hydrogen-bond donors (Lipinski definition) is 1. The Labute approximate surface area is 244 Å². The zero-order valence-electron chi connectivity index (χ0n) is 24.0. The molecule has 7 heteroatoms. The molecule has 2 aromatic carbocycles. The monoisotopic (exact) mass is 605 g/mol. The second-order valence-corrected chi connectivity index (χ2v) is 13.8. The van der Waals surface area contributed by atoms with Gasteiger partial charge in [-0.2, -0.15) is 0 Å². The van der Waals surface area contributed by atoms with Gasteiger partial charge >= 0.3 is 0 Å². The van der Waals surface area contributed by atoms with Gasteiger partial charge in [-0.3, -0.25) is 14.4 Å². The van der Waals surface area contributed by atoms with Crippen molar-refractivity contribution in [2.24, 2.45) is 10.8 Å². The summed E-state index contributed by atoms with van der Waals surface area (Å²) in [5.74, 6) is 0.822. The fraction of sp³-hybridized carbons (Fsp3) is 0.424. The number of amides is 1. The molecule has 0 atom stereocenters. The maximum Gasteiger partial charge on any atom is 0.262 e. The van der Waals surface area contributed by atoms with Crippen molar-refractivity contribution in [3.05, 3.63) is 80.2 Å². The molecule has 2 aliphatic carbocycles. The van der Waals surface area contributed by atoms with Gasteiger partial charge in [0.05, 0.1) is 5.92 Å². The lowest BCUT2D eigenvalue weighted by Crippen LogP contribution is -2.37. The van der Waals surface area contributed by atoms with E-state index < -0.39 is 5.92 Å². The molecule has 3 aliphatic rings. The van der Waals surface area contributed by atoms with Crippen LogP contribution in [0.4, 0.5) is 5.69 Å². The van der Waals surface area contributed by atoms with Crippen molar-refractivity contribution in [1.29, 1.82) is 0 Å². The van der Waals surface area contributed by atoms with Crippen molar-refractivity contribution < 1.29 is 23.9 Å². The van der Waals surface area contributed by atoms with Gasteiger partial charge in [0.1, 0.15) is 17.3 Å². The third-order valence-corrected chi connectivity index (χ3v) is 8.38. The Hall–Kier alpha value is -3.19. The van der Waals surface area contributed by atoms with Gasteiger partial charge in [0.2, 0.25) is 0 Å². The van der Waals surface area contributed by atoms with Crippen LogP contribution in [0.15, 0.2) is 63.5 Å². The molecule has 0 fully saturated rings. The van der Waals surface area contributed by atoms with Crippen molar-refractivity contribution in [1.82, 2.24) is 0 Å². The molecule has 0 radical (unpaired) electrons. The van der Waals surface area contributed by atoms with Crippen LogP contribution in [0.1, 0.15) is 76.0 Å². The zero-order chi connectivity index (χ0) is 29.0. The van der Waals surface area contributed by atoms with Crippen LogP contribution in [0.2, 0.25) is 0 Å². The molecule has 0 aromatic heterocycles. The quantitative estimate of drug-likeness (QED) is 0.382. The normalized spacial score (nSPS) is 20.1. The minimum atomic E-state index is -0.611. The highest BCUT2D eigenvalue weighted by atomic mass is 79.9. The van der Waals surface area contributed by atoms with E-state index in [0.29, 0.717) is 59.7 Å². The van der Waals surface area contributed by atoms with Crippen LogP contribution in [-0.4, -0.2) is 24.1 Å². The first kappa shape index (κ1) is 28.3. The minimum Gasteiger partial charge on any atom is -0.483 e. The number of carbonyl (C=O) groups is 3. The van der Waals surface area contributed by atoms with E-state index in [1.165, 1.54) is 0 Å². The van der Waals surface area contributed by atoms with Crippen LogP contribution in [0.5, 0.6) is 5.75 Å². The molecule has 0 saturated carbocycles. The highest BCUT2D eigenvalue weighted by Gasteiger charge is 2.48. The summed E-state index contributed by atoms with van der Waals surface area (Å²) in [5, 5.41) is 2.93. The van der Waals surface area contributed by atoms with Gasteiger partial charge < -0.3 is 14.8 Å². The van der Waals surface area contributed by atoms with E-state index in [-0.39, 0.29) is 34.9 Å². The number of carbonyl (C=O) groups excluding carboxylic acids is 3. The Kier molecular flexibility index (Phi) is 7.32. The maximum atomic E-state index is 13.7. The molecule has 0 bridgehead atoms. The lowest BCUT2D eigenvalue weighted by molar-refractivity contribution is -0.121. The number of allylic oxidation sites excluding steroid dienone is 4. The van der Waals surface area contributed by atoms with E-state index >= 15 is 0 Å². The molecule has 1 heterocycles. The van der Waals surface area contributed by atoms with Crippen molar-refractivity contribution >= 4 is 39.1 Å². The number of ketones is 2. The smallest absolute Gasteiger partial charge is 0.262 e. The van der Waals surface area contributed by atoms with E-state index in [2.05, 4.69) is 48.9 Å². The number of aryl methyl sites for hydroxylation is 2. The molecule has 1 N–H and O–H groups in total. The standard InChI is InChI=1S/C33H36BrNO5/c1-18-7-8-19(2)22(11-18)35-28(38)17-39-25-10-9-20(34)12-21(25)29-30-23(36)13-32(3,4)15-26(30)40-27-16-33(5,6)14-24(37)31(27)29/h7-12,29H,13-17H2,1-6H3,(H,35,38). The second-order valence-electron chi connectivity index (χ2n) is 12.9. The Bertz CT molecular complexity index is 1440. The molecule has 1 aliphatic heterocycles. The summed E-state index contributed by atoms with van der Waals surface area (Å²) in [6.07, 6.45) is 1.96. The van der Waals surface area contributed by atoms with Crippen LogP contribution >= 0.6 is 15.9 Å². The van der Waals surface area contributed by atoms with Crippen molar-refractivity contribution in [2.45, 2.75) is 73.1 Å². The molecule has 0 spiro atoms. The van der Waals surface area contributed by atoms with Crippen molar-refractivity contribution in [2.75, 3.05) is 11.9 Å². The van der Waals surface area contributed by atoms with Gasteiger partial charge in [0, 0.05) is 52.6 Å². The molecular formula is C33H36BrNO5. The van der Waals surface area contributed by atoms with Gasteiger partial charge in [-0.15, -0.1) is 0 Å². The van der Waals surface area contributed by atoms with Gasteiger partial charge in [0.15, 0.2) is 18.2 Å². The maximum absolute atomic E-state index is 13.7. The Morgan fingerprint density at radius 1 is 0.925 bits per heavy atom. The summed E-state index contributed by atoms with van der Waals surface area (Å²) in [5.41, 5.74) is 4.02. The predicted molar refractivity (Wildman–Crippen MR) is 158 cm³/mol. The second kappa shape index (κ2) is 10.3. The molecule has 0 unspecified atom stereocenters. The number of hydrogen-bond acceptors (Lipinski definition) is 5. The number of anilines is 1. The van der Waals surface area contributed by atoms with E-state index in [9.17, 15) is 14.4 Å². The molecule has 2 aromatic rings. The number of ether oxygens (including phenoxy) is 2. The first-order chi connectivity index (χ1) is 18.7. The van der Waals surface area contributed by atoms with Gasteiger partial charge in [-0.25, -0.2) is 0 Å². The topological polar surface area (TPSA) is 81.7 Å². The molecule has 5 rings (SSSR count). The highest BCUT2D eigenvalue weighted by molar-refractivity contribution is 9.10. The minimum absolute atomic E-state index is 0.0148. The SMILES string of the molecule is Cc1ccc(C)c(NC(=O)COc2ccc(Br)cc2C2C3=C(CC(C)(C)CC3=O)OC3=C2C(=O)CC(C)(C)C3)c1. The molecular weight excluding hydrogens is 570 g/mol. The Balaban J connectivity index is 1.54. The summed E-state index contributed by atoms with van der Waals surface area (Å²) < 4.78 is 13.3. The summed E-state index contributed by atoms with van der Waals surface area (Å²) in [4.78, 5) is 40.3. The first-order valence-electron chi connectivity index (χ1n) is 13.7. The first-order valence-corrected chi connectivity index (χ1v) is 14.5. The van der Waals surface area contributed by atoms with Crippen LogP contribution in [0, 0.1) is 24.7 Å². The number of nitrogens with one attached hydrogen (secondary N) is 1. The lowest BCUT2D eigenvalue weighted by Gasteiger charge is -2.43. The number of benzene rings is 2. The zero-order valence-corrected chi connectivity index (χ0v) is 25.6. The molecule has 1 amide bonds. The molecule has 40 heavy (non-hydrogen) atoms. The summed E-state index contributed by atoms with van der Waals surface area (Å²) in [6.45, 7) is 12.0. The number of Topliss-reactive ketones (excluding diaryl/α,β-unsaturated/α-hetero) is 2. The van der Waals surface area contributed by atoms with Crippen molar-refractivity contribution in [3.8, 4) is 5.75 Å². The van der Waals surface area contributed by atoms with Gasteiger partial charge in [0.25, 0.3) is 5.91 Å². The molecule has 210 valence electrons. The largest absolute Gasteiger partial charge is 0.483 e. The van der Waals surface area contributed by atoms with E-state index in [4.69, 9.17) is 9.47 Å². The van der Waals surface area contributed by atoms with Gasteiger partial charge in [-0.1, -0.05) is 55.8 Å². The van der Waals surface area contributed by atoms with Crippen LogP contribution < -0.4 is 10.1 Å². The average molecular weight is 607 g/mol. The molecule has 6 nitrogen and oxygen atoms in total. The lowest BCUT2D eigenvalue weighted by atomic mass is 9.65. The highest BCUT2D eigenvalue weighted by Crippen LogP contribution is 2.54. The van der Waals surface area contributed by atoms with Crippen molar-refractivity contribution in [3.63, 3.8) is 0 Å². The predicted octanol–water partition coefficient (Wildman–Crippen LogP) is 7.48. The summed E-state index contributed by atoms with van der Waals surface area (Å²) in [7, 11) is 0. The average Bonchev–Trinajstić information content (AvgIpc) is 2.82. The third kappa shape index (κ3) is 5.67. The van der Waals surface area contributed by atoms with Crippen LogP contribution in [-0.2, 0) is 19.1 Å². The third-order valence-electron chi connectivity index (χ3n) is 7.89.